The number of pyridine rings is 1. The van der Waals surface area contributed by atoms with Crippen LogP contribution in [-0.2, 0) is 0 Å². The van der Waals surface area contributed by atoms with Gasteiger partial charge >= 0.3 is 0 Å². The van der Waals surface area contributed by atoms with E-state index >= 15 is 0 Å². The molecule has 0 saturated carbocycles. The van der Waals surface area contributed by atoms with E-state index in [0.717, 1.165) is 0 Å². The third kappa shape index (κ3) is 2.90. The summed E-state index contributed by atoms with van der Waals surface area (Å²) in [6, 6.07) is 5.34. The minimum atomic E-state index is -0.179. The zero-order valence-electron chi connectivity index (χ0n) is 11.2. The second-order valence-electron chi connectivity index (χ2n) is 4.39. The highest BCUT2D eigenvalue weighted by Gasteiger charge is 2.11. The molecule has 0 unspecified atom stereocenters. The molecule has 0 fully saturated rings. The van der Waals surface area contributed by atoms with Crippen LogP contribution in [0, 0.1) is 0 Å². The Balaban J connectivity index is 2.18. The Bertz CT molecular complexity index is 576. The molecular formula is C13H17N5O. The number of amides is 1. The highest BCUT2D eigenvalue weighted by Crippen LogP contribution is 2.15. The second kappa shape index (κ2) is 5.51. The standard InChI is InChI=1S/C13H17N5O/c1-9(2)18-12(5-7-16-18)17-13(19)10-4-6-15-11(8-10)14-3/h4-9H,1-3H3,(H,14,15)(H,17,19). The van der Waals surface area contributed by atoms with Gasteiger partial charge in [-0.05, 0) is 26.0 Å². The average molecular weight is 259 g/mol. The zero-order valence-corrected chi connectivity index (χ0v) is 11.2. The van der Waals surface area contributed by atoms with E-state index in [-0.39, 0.29) is 11.9 Å². The van der Waals surface area contributed by atoms with E-state index in [1.54, 1.807) is 42.3 Å². The van der Waals surface area contributed by atoms with Gasteiger partial charge < -0.3 is 10.6 Å². The van der Waals surface area contributed by atoms with Crippen molar-refractivity contribution in [2.24, 2.45) is 0 Å². The summed E-state index contributed by atoms with van der Waals surface area (Å²) in [4.78, 5) is 16.2. The summed E-state index contributed by atoms with van der Waals surface area (Å²) in [5.41, 5.74) is 0.552. The van der Waals surface area contributed by atoms with Crippen molar-refractivity contribution in [3.63, 3.8) is 0 Å². The average Bonchev–Trinajstić information content (AvgIpc) is 2.87. The van der Waals surface area contributed by atoms with E-state index in [0.29, 0.717) is 17.2 Å². The largest absolute Gasteiger partial charge is 0.373 e. The maximum atomic E-state index is 12.1. The molecule has 19 heavy (non-hydrogen) atoms. The number of hydrogen-bond acceptors (Lipinski definition) is 4. The number of aromatic nitrogens is 3. The van der Waals surface area contributed by atoms with Crippen LogP contribution in [0.25, 0.3) is 0 Å². The fourth-order valence-corrected chi connectivity index (χ4v) is 1.72. The maximum absolute atomic E-state index is 12.1. The first kappa shape index (κ1) is 13.1. The summed E-state index contributed by atoms with van der Waals surface area (Å²) < 4.78 is 1.76. The fraction of sp³-hybridized carbons (Fsp3) is 0.308. The Hall–Kier alpha value is -2.37. The molecule has 2 N–H and O–H groups in total. The van der Waals surface area contributed by atoms with Gasteiger partial charge in [-0.2, -0.15) is 5.10 Å². The number of carbonyl (C=O) groups excluding carboxylic acids is 1. The van der Waals surface area contributed by atoms with Crippen molar-refractivity contribution in [2.45, 2.75) is 19.9 Å². The summed E-state index contributed by atoms with van der Waals surface area (Å²) in [5.74, 6) is 1.16. The number of hydrogen-bond donors (Lipinski definition) is 2. The van der Waals surface area contributed by atoms with E-state index in [1.807, 2.05) is 13.8 Å². The van der Waals surface area contributed by atoms with Crippen molar-refractivity contribution in [1.29, 1.82) is 0 Å². The third-order valence-electron chi connectivity index (χ3n) is 2.68. The quantitative estimate of drug-likeness (QED) is 0.882. The Labute approximate surface area is 111 Å². The molecule has 0 aliphatic heterocycles. The molecule has 0 aromatic carbocycles. The van der Waals surface area contributed by atoms with Crippen LogP contribution >= 0.6 is 0 Å². The Morgan fingerprint density at radius 1 is 1.32 bits per heavy atom. The number of anilines is 2. The minimum absolute atomic E-state index is 0.179. The monoisotopic (exact) mass is 259 g/mol. The van der Waals surface area contributed by atoms with Crippen molar-refractivity contribution in [2.75, 3.05) is 17.7 Å². The second-order valence-corrected chi connectivity index (χ2v) is 4.39. The van der Waals surface area contributed by atoms with Crippen molar-refractivity contribution >= 4 is 17.5 Å². The topological polar surface area (TPSA) is 71.8 Å². The van der Waals surface area contributed by atoms with Crippen LogP contribution in [-0.4, -0.2) is 27.7 Å². The summed E-state index contributed by atoms with van der Waals surface area (Å²) in [6.07, 6.45) is 3.27. The van der Waals surface area contributed by atoms with Gasteiger partial charge in [0, 0.05) is 30.9 Å². The van der Waals surface area contributed by atoms with Crippen LogP contribution in [0.1, 0.15) is 30.2 Å². The Morgan fingerprint density at radius 3 is 2.79 bits per heavy atom. The molecule has 0 aliphatic rings. The van der Waals surface area contributed by atoms with E-state index in [9.17, 15) is 4.79 Å². The van der Waals surface area contributed by atoms with Gasteiger partial charge in [0.15, 0.2) is 0 Å². The molecule has 100 valence electrons. The van der Waals surface area contributed by atoms with Crippen LogP contribution in [0.4, 0.5) is 11.6 Å². The summed E-state index contributed by atoms with van der Waals surface area (Å²) in [6.45, 7) is 4.02. The van der Waals surface area contributed by atoms with Gasteiger partial charge in [0.25, 0.3) is 5.91 Å². The van der Waals surface area contributed by atoms with E-state index in [2.05, 4.69) is 20.7 Å². The molecule has 2 aromatic rings. The van der Waals surface area contributed by atoms with Crippen molar-refractivity contribution in [3.8, 4) is 0 Å². The summed E-state index contributed by atoms with van der Waals surface area (Å²) >= 11 is 0. The van der Waals surface area contributed by atoms with Gasteiger partial charge in [0.05, 0.1) is 6.20 Å². The van der Waals surface area contributed by atoms with Gasteiger partial charge in [-0.25, -0.2) is 9.67 Å². The first-order chi connectivity index (χ1) is 9.11. The van der Waals surface area contributed by atoms with Crippen LogP contribution < -0.4 is 10.6 Å². The molecule has 0 radical (unpaired) electrons. The highest BCUT2D eigenvalue weighted by atomic mass is 16.1. The normalized spacial score (nSPS) is 10.5. The summed E-state index contributed by atoms with van der Waals surface area (Å²) in [5, 5.41) is 9.92. The van der Waals surface area contributed by atoms with E-state index < -0.39 is 0 Å². The SMILES string of the molecule is CNc1cc(C(=O)Nc2ccnn2C(C)C)ccn1. The minimum Gasteiger partial charge on any atom is -0.373 e. The van der Waals surface area contributed by atoms with Gasteiger partial charge in [-0.1, -0.05) is 0 Å². The molecule has 2 heterocycles. The molecule has 0 atom stereocenters. The summed E-state index contributed by atoms with van der Waals surface area (Å²) in [7, 11) is 1.76. The van der Waals surface area contributed by atoms with Gasteiger partial charge in [-0.15, -0.1) is 0 Å². The molecule has 0 spiro atoms. The molecule has 2 aromatic heterocycles. The number of nitrogens with one attached hydrogen (secondary N) is 2. The molecule has 2 rings (SSSR count). The lowest BCUT2D eigenvalue weighted by Crippen LogP contribution is -2.17. The van der Waals surface area contributed by atoms with Crippen LogP contribution in [0.3, 0.4) is 0 Å². The van der Waals surface area contributed by atoms with Crippen molar-refractivity contribution < 1.29 is 4.79 Å². The predicted octanol–water partition coefficient (Wildman–Crippen LogP) is 2.15. The van der Waals surface area contributed by atoms with Gasteiger partial charge in [0.2, 0.25) is 0 Å². The lowest BCUT2D eigenvalue weighted by Gasteiger charge is -2.12. The van der Waals surface area contributed by atoms with E-state index in [1.165, 1.54) is 0 Å². The predicted molar refractivity (Wildman–Crippen MR) is 74.3 cm³/mol. The first-order valence-corrected chi connectivity index (χ1v) is 6.10. The maximum Gasteiger partial charge on any atom is 0.256 e. The first-order valence-electron chi connectivity index (χ1n) is 6.10. The number of rotatable bonds is 4. The molecule has 0 bridgehead atoms. The number of nitrogens with zero attached hydrogens (tertiary/aromatic N) is 3. The van der Waals surface area contributed by atoms with Crippen LogP contribution in [0.15, 0.2) is 30.6 Å². The van der Waals surface area contributed by atoms with Crippen LogP contribution in [0.5, 0.6) is 0 Å². The lowest BCUT2D eigenvalue weighted by molar-refractivity contribution is 0.102. The molecule has 6 nitrogen and oxygen atoms in total. The molecule has 0 aliphatic carbocycles. The molecular weight excluding hydrogens is 242 g/mol. The molecule has 0 saturated heterocycles. The van der Waals surface area contributed by atoms with E-state index in [4.69, 9.17) is 0 Å². The van der Waals surface area contributed by atoms with Crippen molar-refractivity contribution in [3.05, 3.63) is 36.2 Å². The fourth-order valence-electron chi connectivity index (χ4n) is 1.72. The van der Waals surface area contributed by atoms with Crippen LogP contribution in [0.2, 0.25) is 0 Å². The Morgan fingerprint density at radius 2 is 2.11 bits per heavy atom. The van der Waals surface area contributed by atoms with Gasteiger partial charge in [-0.3, -0.25) is 4.79 Å². The molecule has 1 amide bonds. The van der Waals surface area contributed by atoms with Crippen molar-refractivity contribution in [1.82, 2.24) is 14.8 Å². The highest BCUT2D eigenvalue weighted by molar-refractivity contribution is 6.04. The molecule has 6 heteroatoms. The zero-order chi connectivity index (χ0) is 13.8. The smallest absolute Gasteiger partial charge is 0.256 e. The third-order valence-corrected chi connectivity index (χ3v) is 2.68. The van der Waals surface area contributed by atoms with Gasteiger partial charge in [0.1, 0.15) is 11.6 Å². The number of carbonyl (C=O) groups is 1. The Kier molecular flexibility index (Phi) is 3.79. The lowest BCUT2D eigenvalue weighted by atomic mass is 10.2.